The molecule has 2 aromatic heterocycles. The van der Waals surface area contributed by atoms with Gasteiger partial charge in [0.15, 0.2) is 5.11 Å². The average Bonchev–Trinajstić information content (AvgIpc) is 3.40. The average molecular weight is 576 g/mol. The first kappa shape index (κ1) is 25.2. The van der Waals surface area contributed by atoms with Crippen molar-refractivity contribution in [3.05, 3.63) is 111 Å². The van der Waals surface area contributed by atoms with Crippen LogP contribution in [0, 0.1) is 20.8 Å². The zero-order valence-corrected chi connectivity index (χ0v) is 23.4. The van der Waals surface area contributed by atoms with E-state index >= 15 is 0 Å². The number of methoxy groups -OCH3 is 1. The van der Waals surface area contributed by atoms with E-state index in [1.54, 1.807) is 12.1 Å². The van der Waals surface area contributed by atoms with Gasteiger partial charge in [-0.3, -0.25) is 4.98 Å². The molecular weight excluding hydrogens is 548 g/mol. The highest BCUT2D eigenvalue weighted by Crippen LogP contribution is 2.44. The molecule has 6 nitrogen and oxygen atoms in total. The molecule has 0 aliphatic carbocycles. The number of benzene rings is 2. The van der Waals surface area contributed by atoms with E-state index in [1.807, 2.05) is 36.5 Å². The van der Waals surface area contributed by atoms with Crippen LogP contribution in [0.4, 0.5) is 5.69 Å². The molecule has 37 heavy (non-hydrogen) atoms. The monoisotopic (exact) mass is 574 g/mol. The third kappa shape index (κ3) is 4.55. The molecule has 0 spiro atoms. The second-order valence-electron chi connectivity index (χ2n) is 9.13. The Morgan fingerprint density at radius 2 is 1.76 bits per heavy atom. The second kappa shape index (κ2) is 10.1. The van der Waals surface area contributed by atoms with E-state index in [2.05, 4.69) is 80.7 Å². The Balaban J connectivity index is 1.64. The number of thiocarbonyl (C=S) groups is 1. The molecule has 2 aromatic carbocycles. The standard InChI is InChI=1S/C29H27BrN4O2S/c1-17-15-22(12-13-24(17)30)34-27(26(32-29(34)37)25-7-5-6-14-31-25)23-16-18(2)33(19(23)3)21-10-8-20(9-11-21)28(35)36-4/h5-16,26-27H,1-4H3,(H,32,37)/t26-,27-/m1/s1. The van der Waals surface area contributed by atoms with E-state index in [0.29, 0.717) is 10.7 Å². The van der Waals surface area contributed by atoms with Gasteiger partial charge >= 0.3 is 5.97 Å². The Labute approximate surface area is 230 Å². The van der Waals surface area contributed by atoms with Crippen molar-refractivity contribution < 1.29 is 9.53 Å². The van der Waals surface area contributed by atoms with Gasteiger partial charge in [-0.1, -0.05) is 22.0 Å². The minimum absolute atomic E-state index is 0.114. The number of halogens is 1. The number of carbonyl (C=O) groups is 1. The number of aryl methyl sites for hydroxylation is 2. The number of carbonyl (C=O) groups excluding carboxylic acids is 1. The van der Waals surface area contributed by atoms with E-state index in [1.165, 1.54) is 7.11 Å². The molecule has 1 saturated heterocycles. The predicted octanol–water partition coefficient (Wildman–Crippen LogP) is 6.52. The van der Waals surface area contributed by atoms with Crippen molar-refractivity contribution in [3.63, 3.8) is 0 Å². The summed E-state index contributed by atoms with van der Waals surface area (Å²) in [5, 5.41) is 4.21. The molecule has 0 saturated carbocycles. The Morgan fingerprint density at radius 1 is 1.03 bits per heavy atom. The lowest BCUT2D eigenvalue weighted by Gasteiger charge is -2.28. The van der Waals surface area contributed by atoms with Crippen LogP contribution in [-0.2, 0) is 4.74 Å². The summed E-state index contributed by atoms with van der Waals surface area (Å²) in [6.45, 7) is 6.29. The normalized spacial score (nSPS) is 17.1. The Hall–Kier alpha value is -3.49. The molecule has 8 heteroatoms. The van der Waals surface area contributed by atoms with Gasteiger partial charge in [-0.15, -0.1) is 0 Å². The lowest BCUT2D eigenvalue weighted by atomic mass is 9.96. The number of hydrogen-bond acceptors (Lipinski definition) is 4. The van der Waals surface area contributed by atoms with Crippen molar-refractivity contribution in [3.8, 4) is 5.69 Å². The molecular formula is C29H27BrN4O2S. The summed E-state index contributed by atoms with van der Waals surface area (Å²) in [5.74, 6) is -0.350. The molecule has 0 radical (unpaired) electrons. The number of ether oxygens (including phenoxy) is 1. The summed E-state index contributed by atoms with van der Waals surface area (Å²) in [6.07, 6.45) is 1.82. The predicted molar refractivity (Wildman–Crippen MR) is 153 cm³/mol. The minimum Gasteiger partial charge on any atom is -0.465 e. The maximum Gasteiger partial charge on any atom is 0.337 e. The minimum atomic E-state index is -0.350. The molecule has 1 fully saturated rings. The van der Waals surface area contributed by atoms with E-state index in [-0.39, 0.29) is 18.1 Å². The van der Waals surface area contributed by atoms with Crippen LogP contribution in [0.2, 0.25) is 0 Å². The number of anilines is 1. The van der Waals surface area contributed by atoms with Gasteiger partial charge in [-0.2, -0.15) is 0 Å². The third-order valence-electron chi connectivity index (χ3n) is 6.85. The Bertz CT molecular complexity index is 1480. The Morgan fingerprint density at radius 3 is 2.41 bits per heavy atom. The summed E-state index contributed by atoms with van der Waals surface area (Å²) < 4.78 is 8.12. The fraction of sp³-hybridized carbons (Fsp3) is 0.207. The highest BCUT2D eigenvalue weighted by atomic mass is 79.9. The van der Waals surface area contributed by atoms with E-state index in [9.17, 15) is 4.79 Å². The summed E-state index contributed by atoms with van der Waals surface area (Å²) in [7, 11) is 1.39. The molecule has 0 unspecified atom stereocenters. The molecule has 5 rings (SSSR count). The van der Waals surface area contributed by atoms with E-state index in [4.69, 9.17) is 17.0 Å². The third-order valence-corrected chi connectivity index (χ3v) is 8.06. The quantitative estimate of drug-likeness (QED) is 0.216. The van der Waals surface area contributed by atoms with Gasteiger partial charge in [-0.25, -0.2) is 4.79 Å². The molecule has 0 amide bonds. The van der Waals surface area contributed by atoms with Crippen LogP contribution >= 0.6 is 28.1 Å². The largest absolute Gasteiger partial charge is 0.465 e. The van der Waals surface area contributed by atoms with Crippen molar-refractivity contribution in [2.24, 2.45) is 0 Å². The molecule has 1 aliphatic rings. The van der Waals surface area contributed by atoms with Gasteiger partial charge in [0.25, 0.3) is 0 Å². The first-order chi connectivity index (χ1) is 17.8. The van der Waals surface area contributed by atoms with Crippen LogP contribution in [0.5, 0.6) is 0 Å². The molecule has 3 heterocycles. The number of aromatic nitrogens is 2. The number of nitrogens with zero attached hydrogens (tertiary/aromatic N) is 3. The van der Waals surface area contributed by atoms with Crippen molar-refractivity contribution in [2.45, 2.75) is 32.9 Å². The molecule has 1 aliphatic heterocycles. The number of hydrogen-bond donors (Lipinski definition) is 1. The maximum atomic E-state index is 11.9. The lowest BCUT2D eigenvalue weighted by Crippen LogP contribution is -2.29. The summed E-state index contributed by atoms with van der Waals surface area (Å²) in [6, 6.07) is 21.7. The summed E-state index contributed by atoms with van der Waals surface area (Å²) >= 11 is 9.53. The lowest BCUT2D eigenvalue weighted by molar-refractivity contribution is 0.0600. The van der Waals surface area contributed by atoms with Crippen LogP contribution in [0.3, 0.4) is 0 Å². The molecule has 0 bridgehead atoms. The highest BCUT2D eigenvalue weighted by Gasteiger charge is 2.42. The topological polar surface area (TPSA) is 59.4 Å². The van der Waals surface area contributed by atoms with Crippen molar-refractivity contribution in [2.75, 3.05) is 12.0 Å². The van der Waals surface area contributed by atoms with Gasteiger partial charge in [0.1, 0.15) is 0 Å². The van der Waals surface area contributed by atoms with Gasteiger partial charge in [0.2, 0.25) is 0 Å². The Kier molecular flexibility index (Phi) is 6.88. The SMILES string of the molecule is COC(=O)c1ccc(-n2c(C)cc([C@@H]3[C@@H](c4ccccn4)NC(=S)N3c3ccc(Br)c(C)c3)c2C)cc1. The number of nitrogens with one attached hydrogen (secondary N) is 1. The van der Waals surface area contributed by atoms with Crippen molar-refractivity contribution in [1.82, 2.24) is 14.9 Å². The maximum absolute atomic E-state index is 11.9. The van der Waals surface area contributed by atoms with Crippen LogP contribution in [0.25, 0.3) is 5.69 Å². The number of rotatable bonds is 5. The van der Waals surface area contributed by atoms with Crippen LogP contribution in [-0.4, -0.2) is 27.7 Å². The van der Waals surface area contributed by atoms with Crippen molar-refractivity contribution >= 4 is 44.9 Å². The summed E-state index contributed by atoms with van der Waals surface area (Å²) in [4.78, 5) is 18.8. The molecule has 1 N–H and O–H groups in total. The van der Waals surface area contributed by atoms with Gasteiger partial charge in [-0.05, 0) is 105 Å². The second-order valence-corrected chi connectivity index (χ2v) is 10.4. The van der Waals surface area contributed by atoms with Crippen LogP contribution in [0.1, 0.15) is 50.7 Å². The van der Waals surface area contributed by atoms with Crippen LogP contribution in [0.15, 0.2) is 77.4 Å². The number of esters is 1. The molecule has 188 valence electrons. The summed E-state index contributed by atoms with van der Waals surface area (Å²) in [5.41, 5.74) is 7.92. The number of pyridine rings is 1. The van der Waals surface area contributed by atoms with Crippen LogP contribution < -0.4 is 10.2 Å². The van der Waals surface area contributed by atoms with Crippen molar-refractivity contribution in [1.29, 1.82) is 0 Å². The van der Waals surface area contributed by atoms with Gasteiger partial charge in [0.05, 0.1) is 30.5 Å². The molecule has 4 aromatic rings. The first-order valence-electron chi connectivity index (χ1n) is 11.9. The fourth-order valence-electron chi connectivity index (χ4n) is 5.08. The van der Waals surface area contributed by atoms with Gasteiger partial charge in [0, 0.05) is 33.4 Å². The van der Waals surface area contributed by atoms with E-state index < -0.39 is 0 Å². The highest BCUT2D eigenvalue weighted by molar-refractivity contribution is 9.10. The fourth-order valence-corrected chi connectivity index (χ4v) is 5.67. The zero-order chi connectivity index (χ0) is 26.3. The zero-order valence-electron chi connectivity index (χ0n) is 21.0. The van der Waals surface area contributed by atoms with E-state index in [0.717, 1.165) is 44.1 Å². The molecule has 2 atom stereocenters. The first-order valence-corrected chi connectivity index (χ1v) is 13.1. The smallest absolute Gasteiger partial charge is 0.337 e. The van der Waals surface area contributed by atoms with Gasteiger partial charge < -0.3 is 19.5 Å².